The SMILES string of the molecule is OB(O)c1c(Cl)cc2ccccc2c1O. The summed E-state index contributed by atoms with van der Waals surface area (Å²) in [5, 5.41) is 29.3. The van der Waals surface area contributed by atoms with Crippen LogP contribution in [0.15, 0.2) is 30.3 Å². The van der Waals surface area contributed by atoms with Crippen LogP contribution in [0, 0.1) is 0 Å². The van der Waals surface area contributed by atoms with Gasteiger partial charge >= 0.3 is 7.12 Å². The molecular formula is C10H8BClO3. The third kappa shape index (κ3) is 1.67. The highest BCUT2D eigenvalue weighted by Gasteiger charge is 2.21. The van der Waals surface area contributed by atoms with Crippen LogP contribution >= 0.6 is 11.6 Å². The lowest BCUT2D eigenvalue weighted by atomic mass is 9.78. The molecule has 0 atom stereocenters. The Morgan fingerprint density at radius 3 is 2.47 bits per heavy atom. The van der Waals surface area contributed by atoms with Crippen LogP contribution in [-0.4, -0.2) is 22.3 Å². The number of benzene rings is 2. The highest BCUT2D eigenvalue weighted by molar-refractivity contribution is 6.64. The van der Waals surface area contributed by atoms with Crippen LogP contribution in [0.2, 0.25) is 5.02 Å². The van der Waals surface area contributed by atoms with E-state index in [0.29, 0.717) is 5.39 Å². The van der Waals surface area contributed by atoms with Gasteiger partial charge in [-0.05, 0) is 11.5 Å². The first kappa shape index (κ1) is 10.3. The maximum absolute atomic E-state index is 9.80. The molecule has 2 rings (SSSR count). The molecule has 3 N–H and O–H groups in total. The van der Waals surface area contributed by atoms with Crippen molar-refractivity contribution in [2.45, 2.75) is 0 Å². The van der Waals surface area contributed by atoms with E-state index in [1.54, 1.807) is 24.3 Å². The van der Waals surface area contributed by atoms with Gasteiger partial charge in [0.25, 0.3) is 0 Å². The molecule has 2 aromatic carbocycles. The van der Waals surface area contributed by atoms with Crippen LogP contribution < -0.4 is 5.46 Å². The zero-order valence-electron chi connectivity index (χ0n) is 7.68. The Hall–Kier alpha value is -1.23. The molecule has 0 saturated carbocycles. The van der Waals surface area contributed by atoms with Gasteiger partial charge in [0.1, 0.15) is 5.75 Å². The molecule has 0 aromatic heterocycles. The monoisotopic (exact) mass is 222 g/mol. The van der Waals surface area contributed by atoms with Crippen molar-refractivity contribution >= 4 is 35.0 Å². The molecule has 0 fully saturated rings. The fourth-order valence-corrected chi connectivity index (χ4v) is 1.86. The van der Waals surface area contributed by atoms with Crippen molar-refractivity contribution < 1.29 is 15.2 Å². The van der Waals surface area contributed by atoms with E-state index in [-0.39, 0.29) is 16.2 Å². The van der Waals surface area contributed by atoms with E-state index in [9.17, 15) is 5.11 Å². The number of rotatable bonds is 1. The predicted molar refractivity (Wildman–Crippen MR) is 60.4 cm³/mol. The summed E-state index contributed by atoms with van der Waals surface area (Å²) in [6, 6.07) is 8.63. The number of halogens is 1. The molecule has 5 heteroatoms. The maximum Gasteiger partial charge on any atom is 0.493 e. The zero-order valence-corrected chi connectivity index (χ0v) is 8.44. The van der Waals surface area contributed by atoms with Crippen molar-refractivity contribution in [1.29, 1.82) is 0 Å². The predicted octanol–water partition coefficient (Wildman–Crippen LogP) is 0.879. The molecule has 0 heterocycles. The molecule has 0 amide bonds. The van der Waals surface area contributed by atoms with Gasteiger partial charge in [-0.15, -0.1) is 0 Å². The summed E-state index contributed by atoms with van der Waals surface area (Å²) in [6.07, 6.45) is 0. The van der Waals surface area contributed by atoms with E-state index >= 15 is 0 Å². The Morgan fingerprint density at radius 1 is 1.13 bits per heavy atom. The molecule has 0 aliphatic rings. The molecule has 0 unspecified atom stereocenters. The Morgan fingerprint density at radius 2 is 1.80 bits per heavy atom. The Bertz CT molecular complexity index is 513. The highest BCUT2D eigenvalue weighted by Crippen LogP contribution is 2.26. The minimum Gasteiger partial charge on any atom is -0.508 e. The van der Waals surface area contributed by atoms with E-state index in [1.165, 1.54) is 0 Å². The first-order chi connectivity index (χ1) is 7.11. The number of hydrogen-bond donors (Lipinski definition) is 3. The van der Waals surface area contributed by atoms with Crippen LogP contribution in [0.1, 0.15) is 0 Å². The van der Waals surface area contributed by atoms with Gasteiger partial charge in [0, 0.05) is 15.9 Å². The molecular weight excluding hydrogens is 214 g/mol. The molecule has 15 heavy (non-hydrogen) atoms. The number of fused-ring (bicyclic) bond motifs is 1. The zero-order chi connectivity index (χ0) is 11.0. The van der Waals surface area contributed by atoms with Crippen LogP contribution in [-0.2, 0) is 0 Å². The molecule has 0 bridgehead atoms. The summed E-state index contributed by atoms with van der Waals surface area (Å²) in [4.78, 5) is 0. The summed E-state index contributed by atoms with van der Waals surface area (Å²) in [5.74, 6) is -0.187. The fraction of sp³-hybridized carbons (Fsp3) is 0. The first-order valence-electron chi connectivity index (χ1n) is 4.37. The van der Waals surface area contributed by atoms with Gasteiger partial charge < -0.3 is 15.2 Å². The lowest BCUT2D eigenvalue weighted by molar-refractivity contribution is 0.420. The van der Waals surface area contributed by atoms with Crippen LogP contribution in [0.4, 0.5) is 0 Å². The maximum atomic E-state index is 9.80. The van der Waals surface area contributed by atoms with Gasteiger partial charge in [0.15, 0.2) is 0 Å². The molecule has 0 spiro atoms. The average Bonchev–Trinajstić information content (AvgIpc) is 2.17. The summed E-state index contributed by atoms with van der Waals surface area (Å²) in [6.45, 7) is 0. The third-order valence-electron chi connectivity index (χ3n) is 2.27. The van der Waals surface area contributed by atoms with Crippen molar-refractivity contribution in [3.8, 4) is 5.75 Å². The van der Waals surface area contributed by atoms with Crippen molar-refractivity contribution in [3.05, 3.63) is 35.4 Å². The highest BCUT2D eigenvalue weighted by atomic mass is 35.5. The summed E-state index contributed by atoms with van der Waals surface area (Å²) in [7, 11) is -1.78. The Kier molecular flexibility index (Phi) is 2.56. The van der Waals surface area contributed by atoms with Gasteiger partial charge in [-0.3, -0.25) is 0 Å². The van der Waals surface area contributed by atoms with Gasteiger partial charge in [0.2, 0.25) is 0 Å². The van der Waals surface area contributed by atoms with Gasteiger partial charge in [-0.25, -0.2) is 0 Å². The largest absolute Gasteiger partial charge is 0.508 e. The van der Waals surface area contributed by atoms with E-state index in [0.717, 1.165) is 5.39 Å². The Balaban J connectivity index is 2.84. The van der Waals surface area contributed by atoms with E-state index in [1.807, 2.05) is 6.07 Å². The molecule has 2 aromatic rings. The van der Waals surface area contributed by atoms with Gasteiger partial charge in [-0.2, -0.15) is 0 Å². The number of phenols is 1. The molecule has 0 radical (unpaired) electrons. The molecule has 0 aliphatic carbocycles. The third-order valence-corrected chi connectivity index (χ3v) is 2.58. The summed E-state index contributed by atoms with van der Waals surface area (Å²) in [5.41, 5.74) is -0.0598. The number of hydrogen-bond acceptors (Lipinski definition) is 3. The minimum absolute atomic E-state index is 0.0598. The van der Waals surface area contributed by atoms with Gasteiger partial charge in [0.05, 0.1) is 0 Å². The quantitative estimate of drug-likeness (QED) is 0.628. The summed E-state index contributed by atoms with van der Waals surface area (Å²) >= 11 is 5.82. The fourth-order valence-electron chi connectivity index (χ4n) is 1.56. The number of aromatic hydroxyl groups is 1. The normalized spacial score (nSPS) is 10.6. The first-order valence-corrected chi connectivity index (χ1v) is 4.75. The topological polar surface area (TPSA) is 60.7 Å². The minimum atomic E-state index is -1.78. The van der Waals surface area contributed by atoms with Crippen molar-refractivity contribution in [2.75, 3.05) is 0 Å². The second-order valence-corrected chi connectivity index (χ2v) is 3.62. The number of phenolic OH excluding ortho intramolecular Hbond substituents is 1. The van der Waals surface area contributed by atoms with E-state index < -0.39 is 7.12 Å². The lowest BCUT2D eigenvalue weighted by Gasteiger charge is -2.09. The van der Waals surface area contributed by atoms with Crippen LogP contribution in [0.3, 0.4) is 0 Å². The molecule has 3 nitrogen and oxygen atoms in total. The van der Waals surface area contributed by atoms with E-state index in [2.05, 4.69) is 0 Å². The van der Waals surface area contributed by atoms with Crippen LogP contribution in [0.5, 0.6) is 5.75 Å². The van der Waals surface area contributed by atoms with Crippen molar-refractivity contribution in [2.24, 2.45) is 0 Å². The second kappa shape index (κ2) is 3.74. The standard InChI is InChI=1S/C10H8BClO3/c12-8-5-6-3-1-2-4-7(6)10(13)9(8)11(14)15/h1-5,13-15H. The lowest BCUT2D eigenvalue weighted by Crippen LogP contribution is -2.31. The van der Waals surface area contributed by atoms with Crippen molar-refractivity contribution in [1.82, 2.24) is 0 Å². The average molecular weight is 222 g/mol. The van der Waals surface area contributed by atoms with Gasteiger partial charge in [-0.1, -0.05) is 35.9 Å². The van der Waals surface area contributed by atoms with Crippen LogP contribution in [0.25, 0.3) is 10.8 Å². The Labute approximate surface area is 91.7 Å². The van der Waals surface area contributed by atoms with Crippen molar-refractivity contribution in [3.63, 3.8) is 0 Å². The molecule has 0 saturated heterocycles. The molecule has 0 aliphatic heterocycles. The second-order valence-electron chi connectivity index (χ2n) is 3.22. The molecule has 76 valence electrons. The smallest absolute Gasteiger partial charge is 0.493 e. The summed E-state index contributed by atoms with van der Waals surface area (Å²) < 4.78 is 0. The van der Waals surface area contributed by atoms with E-state index in [4.69, 9.17) is 21.6 Å².